The Morgan fingerprint density at radius 1 is 1.45 bits per heavy atom. The molecule has 0 bridgehead atoms. The molecule has 1 nitrogen and oxygen atoms in total. The molecule has 0 heterocycles. The number of aliphatic hydroxyl groups excluding tert-OH is 1. The number of rotatable bonds is 6. The highest BCUT2D eigenvalue weighted by Crippen LogP contribution is 2.15. The van der Waals surface area contributed by atoms with Crippen molar-refractivity contribution in [3.05, 3.63) is 0 Å². The van der Waals surface area contributed by atoms with Crippen molar-refractivity contribution < 1.29 is 9.50 Å². The SMILES string of the molecule is CC(CCCCF)C[C@H](O)Cl. The van der Waals surface area contributed by atoms with Gasteiger partial charge in [0.1, 0.15) is 5.56 Å². The summed E-state index contributed by atoms with van der Waals surface area (Å²) in [6, 6.07) is 0. The van der Waals surface area contributed by atoms with Gasteiger partial charge >= 0.3 is 0 Å². The van der Waals surface area contributed by atoms with Gasteiger partial charge < -0.3 is 5.11 Å². The van der Waals surface area contributed by atoms with Crippen LogP contribution in [-0.2, 0) is 0 Å². The zero-order valence-corrected chi connectivity index (χ0v) is 7.65. The molecule has 3 heteroatoms. The summed E-state index contributed by atoms with van der Waals surface area (Å²) in [6.07, 6.45) is 3.07. The van der Waals surface area contributed by atoms with Crippen molar-refractivity contribution in [1.82, 2.24) is 0 Å². The van der Waals surface area contributed by atoms with Crippen LogP contribution in [0.5, 0.6) is 0 Å². The minimum Gasteiger partial charge on any atom is -0.378 e. The maximum Gasteiger partial charge on any atom is 0.128 e. The first-order chi connectivity index (χ1) is 5.16. The molecule has 0 aromatic heterocycles. The van der Waals surface area contributed by atoms with Gasteiger partial charge in [-0.3, -0.25) is 4.39 Å². The lowest BCUT2D eigenvalue weighted by Gasteiger charge is -2.10. The normalized spacial score (nSPS) is 16.4. The van der Waals surface area contributed by atoms with Crippen molar-refractivity contribution in [2.24, 2.45) is 5.92 Å². The molecule has 0 aliphatic rings. The third-order valence-electron chi connectivity index (χ3n) is 1.68. The van der Waals surface area contributed by atoms with E-state index in [2.05, 4.69) is 0 Å². The van der Waals surface area contributed by atoms with Crippen LogP contribution in [0, 0.1) is 5.92 Å². The average Bonchev–Trinajstić information content (AvgIpc) is 1.86. The lowest BCUT2D eigenvalue weighted by molar-refractivity contribution is 0.217. The van der Waals surface area contributed by atoms with Crippen LogP contribution in [0.25, 0.3) is 0 Å². The van der Waals surface area contributed by atoms with E-state index in [9.17, 15) is 4.39 Å². The third-order valence-corrected chi connectivity index (χ3v) is 1.86. The molecule has 0 aliphatic carbocycles. The van der Waals surface area contributed by atoms with E-state index in [-0.39, 0.29) is 6.67 Å². The Morgan fingerprint density at radius 3 is 2.55 bits per heavy atom. The molecule has 0 saturated carbocycles. The average molecular weight is 183 g/mol. The first-order valence-electron chi connectivity index (χ1n) is 4.05. The maximum absolute atomic E-state index is 11.6. The fraction of sp³-hybridized carbons (Fsp3) is 1.00. The minimum absolute atomic E-state index is 0.240. The van der Waals surface area contributed by atoms with Gasteiger partial charge in [0.05, 0.1) is 6.67 Å². The topological polar surface area (TPSA) is 20.2 Å². The summed E-state index contributed by atoms with van der Waals surface area (Å²) >= 11 is 5.37. The number of hydrogen-bond donors (Lipinski definition) is 1. The Balaban J connectivity index is 3.15. The predicted molar refractivity (Wildman–Crippen MR) is 45.5 cm³/mol. The smallest absolute Gasteiger partial charge is 0.128 e. The van der Waals surface area contributed by atoms with Gasteiger partial charge in [-0.05, 0) is 18.8 Å². The number of unbranched alkanes of at least 4 members (excludes halogenated alkanes) is 1. The van der Waals surface area contributed by atoms with E-state index in [1.165, 1.54) is 0 Å². The third kappa shape index (κ3) is 8.08. The molecule has 0 aliphatic heterocycles. The van der Waals surface area contributed by atoms with E-state index < -0.39 is 5.56 Å². The Hall–Kier alpha value is 0.180. The fourth-order valence-corrected chi connectivity index (χ4v) is 1.34. The van der Waals surface area contributed by atoms with Crippen molar-refractivity contribution in [3.8, 4) is 0 Å². The lowest BCUT2D eigenvalue weighted by atomic mass is 10.0. The lowest BCUT2D eigenvalue weighted by Crippen LogP contribution is -2.04. The van der Waals surface area contributed by atoms with Crippen LogP contribution in [-0.4, -0.2) is 17.3 Å². The van der Waals surface area contributed by atoms with Gasteiger partial charge in [-0.25, -0.2) is 0 Å². The second kappa shape index (κ2) is 6.86. The molecule has 68 valence electrons. The molecule has 0 spiro atoms. The van der Waals surface area contributed by atoms with E-state index >= 15 is 0 Å². The van der Waals surface area contributed by atoms with Crippen LogP contribution >= 0.6 is 11.6 Å². The molecule has 1 unspecified atom stereocenters. The summed E-state index contributed by atoms with van der Waals surface area (Å²) < 4.78 is 11.6. The standard InChI is InChI=1S/C8H16ClFO/c1-7(6-8(9)11)4-2-3-5-10/h7-8,11H,2-6H2,1H3/t7?,8-/m0/s1. The second-order valence-electron chi connectivity index (χ2n) is 2.96. The highest BCUT2D eigenvalue weighted by Gasteiger charge is 2.06. The Morgan fingerprint density at radius 2 is 2.09 bits per heavy atom. The van der Waals surface area contributed by atoms with Crippen molar-refractivity contribution in [1.29, 1.82) is 0 Å². The number of halogens is 2. The van der Waals surface area contributed by atoms with Crippen LogP contribution < -0.4 is 0 Å². The quantitative estimate of drug-likeness (QED) is 0.495. The van der Waals surface area contributed by atoms with Gasteiger partial charge in [-0.2, -0.15) is 0 Å². The molecule has 0 aromatic carbocycles. The van der Waals surface area contributed by atoms with Crippen molar-refractivity contribution >= 4 is 11.6 Å². The van der Waals surface area contributed by atoms with Crippen molar-refractivity contribution in [3.63, 3.8) is 0 Å². The first-order valence-corrected chi connectivity index (χ1v) is 4.48. The molecule has 11 heavy (non-hydrogen) atoms. The van der Waals surface area contributed by atoms with Crippen LogP contribution in [0.2, 0.25) is 0 Å². The van der Waals surface area contributed by atoms with Gasteiger partial charge in [0.25, 0.3) is 0 Å². The highest BCUT2D eigenvalue weighted by atomic mass is 35.5. The van der Waals surface area contributed by atoms with Gasteiger partial charge in [0.15, 0.2) is 0 Å². The largest absolute Gasteiger partial charge is 0.378 e. The molecule has 2 atom stereocenters. The van der Waals surface area contributed by atoms with E-state index in [0.29, 0.717) is 18.8 Å². The maximum atomic E-state index is 11.6. The van der Waals surface area contributed by atoms with Gasteiger partial charge in [-0.1, -0.05) is 31.4 Å². The number of alkyl halides is 2. The highest BCUT2D eigenvalue weighted by molar-refractivity contribution is 6.19. The number of hydrogen-bond acceptors (Lipinski definition) is 1. The van der Waals surface area contributed by atoms with E-state index in [1.54, 1.807) is 0 Å². The predicted octanol–water partition coefficient (Wildman–Crippen LogP) is 2.71. The Bertz CT molecular complexity index is 88.2. The molecule has 0 amide bonds. The molecule has 0 saturated heterocycles. The van der Waals surface area contributed by atoms with Crippen molar-refractivity contribution in [2.75, 3.05) is 6.67 Å². The zero-order valence-electron chi connectivity index (χ0n) is 6.89. The molecule has 0 radical (unpaired) electrons. The van der Waals surface area contributed by atoms with Crippen LogP contribution in [0.15, 0.2) is 0 Å². The van der Waals surface area contributed by atoms with Gasteiger partial charge in [0, 0.05) is 0 Å². The summed E-state index contributed by atoms with van der Waals surface area (Å²) in [6.45, 7) is 1.78. The molecule has 0 rings (SSSR count). The number of aliphatic hydroxyl groups is 1. The molecular formula is C8H16ClFO. The first kappa shape index (κ1) is 11.2. The Labute approximate surface area is 72.6 Å². The Kier molecular flexibility index (Phi) is 6.98. The van der Waals surface area contributed by atoms with E-state index in [1.807, 2.05) is 6.92 Å². The minimum atomic E-state index is -0.740. The van der Waals surface area contributed by atoms with E-state index in [0.717, 1.165) is 12.8 Å². The van der Waals surface area contributed by atoms with Gasteiger partial charge in [0.2, 0.25) is 0 Å². The summed E-state index contributed by atoms with van der Waals surface area (Å²) in [4.78, 5) is 0. The summed E-state index contributed by atoms with van der Waals surface area (Å²) in [5.74, 6) is 0.397. The fourth-order valence-electron chi connectivity index (χ4n) is 1.04. The van der Waals surface area contributed by atoms with Crippen LogP contribution in [0.3, 0.4) is 0 Å². The van der Waals surface area contributed by atoms with Crippen LogP contribution in [0.1, 0.15) is 32.6 Å². The molecule has 1 N–H and O–H groups in total. The molecule has 0 aromatic rings. The molecular weight excluding hydrogens is 167 g/mol. The summed E-state index contributed by atoms with van der Waals surface area (Å²) in [5, 5.41) is 8.77. The summed E-state index contributed by atoms with van der Waals surface area (Å²) in [7, 11) is 0. The monoisotopic (exact) mass is 182 g/mol. The van der Waals surface area contributed by atoms with Crippen LogP contribution in [0.4, 0.5) is 4.39 Å². The summed E-state index contributed by atoms with van der Waals surface area (Å²) in [5.41, 5.74) is -0.740. The molecule has 0 fully saturated rings. The van der Waals surface area contributed by atoms with Crippen molar-refractivity contribution in [2.45, 2.75) is 38.2 Å². The zero-order chi connectivity index (χ0) is 8.69. The van der Waals surface area contributed by atoms with E-state index in [4.69, 9.17) is 16.7 Å². The second-order valence-corrected chi connectivity index (χ2v) is 3.46. The van der Waals surface area contributed by atoms with Gasteiger partial charge in [-0.15, -0.1) is 0 Å².